The third-order valence-electron chi connectivity index (χ3n) is 7.25. The van der Waals surface area contributed by atoms with E-state index in [-0.39, 0.29) is 31.7 Å². The molecule has 1 aromatic rings. The molecule has 16 nitrogen and oxygen atoms in total. The highest BCUT2D eigenvalue weighted by Crippen LogP contribution is 2.18. The fraction of sp³-hybridized carbons (Fsp3) is 0.552. The van der Waals surface area contributed by atoms with Crippen molar-refractivity contribution in [3.8, 4) is 0 Å². The van der Waals surface area contributed by atoms with E-state index < -0.39 is 91.3 Å². The van der Waals surface area contributed by atoms with E-state index >= 15 is 0 Å². The van der Waals surface area contributed by atoms with Crippen LogP contribution in [0.15, 0.2) is 30.3 Å². The Kier molecular flexibility index (Phi) is 14.4. The summed E-state index contributed by atoms with van der Waals surface area (Å²) in [5.74, 6) is -6.51. The summed E-state index contributed by atoms with van der Waals surface area (Å²) >= 11 is 0. The summed E-state index contributed by atoms with van der Waals surface area (Å²) in [5.41, 5.74) is 6.16. The molecule has 1 heterocycles. The standard InChI is InChI=1S/C29H42N6O10/c1-16(2)24(34-25(40)18(30)15-36)28(43)31-14-22(37)35-12-6-9-21(35)27(42)33-20(13-17-7-4-3-5-8-17)26(41)32-19(29(44)45)10-11-23(38)39/h3-5,7-8,16,18-21,24,36H,6,9-15,30H2,1-2H3,(H,31,43)(H,32,41)(H,33,42)(H,34,40)(H,38,39)(H,44,45)/t18-,19-,20-,21-,24-/m0/s1. The van der Waals surface area contributed by atoms with E-state index in [4.69, 9.17) is 15.9 Å². The number of aliphatic carboxylic acids is 2. The van der Waals surface area contributed by atoms with Gasteiger partial charge in [-0.3, -0.25) is 28.8 Å². The molecule has 248 valence electrons. The van der Waals surface area contributed by atoms with Crippen LogP contribution in [0.25, 0.3) is 0 Å². The van der Waals surface area contributed by atoms with Crippen molar-refractivity contribution in [3.63, 3.8) is 0 Å². The quantitative estimate of drug-likeness (QED) is 0.0905. The molecule has 2 rings (SSSR count). The Morgan fingerprint density at radius 3 is 2.18 bits per heavy atom. The number of carboxylic acids is 2. The number of hydrogen-bond acceptors (Lipinski definition) is 9. The molecule has 9 N–H and O–H groups in total. The zero-order valence-electron chi connectivity index (χ0n) is 25.2. The van der Waals surface area contributed by atoms with E-state index in [9.17, 15) is 38.7 Å². The van der Waals surface area contributed by atoms with Crippen molar-refractivity contribution in [2.24, 2.45) is 11.7 Å². The summed E-state index contributed by atoms with van der Waals surface area (Å²) in [6.07, 6.45) is -0.140. The number of nitrogens with zero attached hydrogens (tertiary/aromatic N) is 1. The fourth-order valence-corrected chi connectivity index (χ4v) is 4.71. The van der Waals surface area contributed by atoms with Crippen LogP contribution in [0.4, 0.5) is 0 Å². The molecule has 0 bridgehead atoms. The molecule has 0 aromatic heterocycles. The molecule has 1 aliphatic heterocycles. The predicted octanol–water partition coefficient (Wildman–Crippen LogP) is -2.28. The number of amides is 5. The van der Waals surface area contributed by atoms with Gasteiger partial charge < -0.3 is 47.2 Å². The third-order valence-corrected chi connectivity index (χ3v) is 7.25. The number of carboxylic acid groups (broad SMARTS) is 2. The number of carbonyl (C=O) groups excluding carboxylic acids is 5. The van der Waals surface area contributed by atoms with Gasteiger partial charge in [-0.1, -0.05) is 44.2 Å². The van der Waals surface area contributed by atoms with E-state index in [0.29, 0.717) is 12.0 Å². The van der Waals surface area contributed by atoms with Gasteiger partial charge in [0.2, 0.25) is 29.5 Å². The molecule has 0 radical (unpaired) electrons. The van der Waals surface area contributed by atoms with Crippen LogP contribution in [0.1, 0.15) is 45.1 Å². The number of carbonyl (C=O) groups is 7. The second-order valence-corrected chi connectivity index (χ2v) is 11.1. The van der Waals surface area contributed by atoms with Crippen molar-refractivity contribution in [1.29, 1.82) is 0 Å². The van der Waals surface area contributed by atoms with Gasteiger partial charge in [-0.15, -0.1) is 0 Å². The van der Waals surface area contributed by atoms with Crippen molar-refractivity contribution in [2.45, 2.75) is 76.2 Å². The average Bonchev–Trinajstić information content (AvgIpc) is 3.50. The maximum absolute atomic E-state index is 13.4. The smallest absolute Gasteiger partial charge is 0.326 e. The normalized spacial score (nSPS) is 17.0. The fourth-order valence-electron chi connectivity index (χ4n) is 4.71. The zero-order chi connectivity index (χ0) is 33.7. The molecular formula is C29H42N6O10. The molecule has 0 spiro atoms. The van der Waals surface area contributed by atoms with Crippen LogP contribution in [0.3, 0.4) is 0 Å². The minimum absolute atomic E-state index is 0.0113. The van der Waals surface area contributed by atoms with E-state index in [1.807, 2.05) is 0 Å². The van der Waals surface area contributed by atoms with Crippen LogP contribution in [-0.2, 0) is 40.0 Å². The minimum Gasteiger partial charge on any atom is -0.481 e. The number of nitrogens with two attached hydrogens (primary N) is 1. The molecule has 5 atom stereocenters. The van der Waals surface area contributed by atoms with Crippen LogP contribution in [0.5, 0.6) is 0 Å². The topological polar surface area (TPSA) is 258 Å². The van der Waals surface area contributed by atoms with Gasteiger partial charge in [0, 0.05) is 19.4 Å². The zero-order valence-corrected chi connectivity index (χ0v) is 25.2. The highest BCUT2D eigenvalue weighted by atomic mass is 16.4. The Morgan fingerprint density at radius 2 is 1.60 bits per heavy atom. The number of rotatable bonds is 17. The lowest BCUT2D eigenvalue weighted by Gasteiger charge is -2.28. The van der Waals surface area contributed by atoms with Gasteiger partial charge in [0.15, 0.2) is 0 Å². The van der Waals surface area contributed by atoms with Gasteiger partial charge >= 0.3 is 11.9 Å². The Hall–Kier alpha value is -4.57. The molecular weight excluding hydrogens is 592 g/mol. The first-order chi connectivity index (χ1) is 21.2. The van der Waals surface area contributed by atoms with Gasteiger partial charge in [0.05, 0.1) is 13.2 Å². The van der Waals surface area contributed by atoms with Gasteiger partial charge in [-0.2, -0.15) is 0 Å². The lowest BCUT2D eigenvalue weighted by atomic mass is 10.0. The Morgan fingerprint density at radius 1 is 0.933 bits per heavy atom. The van der Waals surface area contributed by atoms with Gasteiger partial charge in [0.25, 0.3) is 0 Å². The second kappa shape index (κ2) is 17.7. The van der Waals surface area contributed by atoms with Crippen molar-refractivity contribution < 1.29 is 48.9 Å². The highest BCUT2D eigenvalue weighted by Gasteiger charge is 2.37. The molecule has 1 saturated heterocycles. The SMILES string of the molecule is CC(C)[C@H](NC(=O)[C@@H](N)CO)C(=O)NCC(=O)N1CCC[C@H]1C(=O)N[C@@H](Cc1ccccc1)C(=O)N[C@@H](CCC(=O)O)C(=O)O. The molecule has 1 aromatic carbocycles. The number of likely N-dealkylation sites (tertiary alicyclic amines) is 1. The third kappa shape index (κ3) is 11.5. The van der Waals surface area contributed by atoms with Crippen molar-refractivity contribution >= 4 is 41.5 Å². The molecule has 0 saturated carbocycles. The summed E-state index contributed by atoms with van der Waals surface area (Å²) in [7, 11) is 0. The van der Waals surface area contributed by atoms with E-state index in [0.717, 1.165) is 0 Å². The second-order valence-electron chi connectivity index (χ2n) is 11.1. The van der Waals surface area contributed by atoms with Crippen LogP contribution in [-0.4, -0.2) is 112 Å². The summed E-state index contributed by atoms with van der Waals surface area (Å²) in [4.78, 5) is 88.4. The number of nitrogens with one attached hydrogen (secondary N) is 4. The van der Waals surface area contributed by atoms with Gasteiger partial charge in [-0.05, 0) is 30.7 Å². The monoisotopic (exact) mass is 634 g/mol. The molecule has 1 fully saturated rings. The Labute approximate surface area is 260 Å². The van der Waals surface area contributed by atoms with Crippen LogP contribution < -0.4 is 27.0 Å². The molecule has 16 heteroatoms. The molecule has 5 amide bonds. The average molecular weight is 635 g/mol. The van der Waals surface area contributed by atoms with Crippen molar-refractivity contribution in [1.82, 2.24) is 26.2 Å². The van der Waals surface area contributed by atoms with E-state index in [1.165, 1.54) is 4.90 Å². The number of benzene rings is 1. The Balaban J connectivity index is 2.12. The lowest BCUT2D eigenvalue weighted by molar-refractivity contribution is -0.144. The maximum atomic E-state index is 13.4. The van der Waals surface area contributed by atoms with Crippen LogP contribution in [0.2, 0.25) is 0 Å². The molecule has 0 aliphatic carbocycles. The predicted molar refractivity (Wildman–Crippen MR) is 158 cm³/mol. The Bertz CT molecular complexity index is 1230. The van der Waals surface area contributed by atoms with Crippen molar-refractivity contribution in [2.75, 3.05) is 19.7 Å². The lowest BCUT2D eigenvalue weighted by Crippen LogP contribution is -2.57. The van der Waals surface area contributed by atoms with Crippen LogP contribution >= 0.6 is 0 Å². The summed E-state index contributed by atoms with van der Waals surface area (Å²) in [6, 6.07) is 2.63. The molecule has 45 heavy (non-hydrogen) atoms. The number of aliphatic hydroxyl groups excluding tert-OH is 1. The maximum Gasteiger partial charge on any atom is 0.326 e. The largest absolute Gasteiger partial charge is 0.481 e. The number of aliphatic hydroxyl groups is 1. The summed E-state index contributed by atoms with van der Waals surface area (Å²) in [6.45, 7) is 2.45. The van der Waals surface area contributed by atoms with Crippen molar-refractivity contribution in [3.05, 3.63) is 35.9 Å². The first kappa shape index (κ1) is 36.6. The first-order valence-electron chi connectivity index (χ1n) is 14.6. The minimum atomic E-state index is -1.50. The summed E-state index contributed by atoms with van der Waals surface area (Å²) < 4.78 is 0. The van der Waals surface area contributed by atoms with Gasteiger partial charge in [-0.25, -0.2) is 4.79 Å². The van der Waals surface area contributed by atoms with E-state index in [1.54, 1.807) is 44.2 Å². The van der Waals surface area contributed by atoms with Crippen LogP contribution in [0, 0.1) is 5.92 Å². The molecule has 1 aliphatic rings. The first-order valence-corrected chi connectivity index (χ1v) is 14.6. The van der Waals surface area contributed by atoms with Gasteiger partial charge in [0.1, 0.15) is 30.2 Å². The number of hydrogen-bond donors (Lipinski definition) is 8. The summed E-state index contributed by atoms with van der Waals surface area (Å²) in [5, 5.41) is 37.3. The van der Waals surface area contributed by atoms with E-state index in [2.05, 4.69) is 21.3 Å². The highest BCUT2D eigenvalue weighted by molar-refractivity contribution is 5.95. The molecule has 0 unspecified atom stereocenters.